The topological polar surface area (TPSA) is 49.3 Å². The number of carbonyl (C=O) groups excluding carboxylic acids is 1. The van der Waals surface area contributed by atoms with Crippen molar-refractivity contribution in [1.82, 2.24) is 0 Å². The summed E-state index contributed by atoms with van der Waals surface area (Å²) in [6.07, 6.45) is 0.301. The molecule has 1 aromatic carbocycles. The van der Waals surface area contributed by atoms with Crippen LogP contribution in [0.1, 0.15) is 27.2 Å². The number of anilines is 1. The number of carbonyl (C=O) groups is 1. The number of hydrogen-bond acceptors (Lipinski definition) is 3. The molecule has 108 valence electrons. The van der Waals surface area contributed by atoms with Crippen molar-refractivity contribution in [3.8, 4) is 11.8 Å². The number of amides is 1. The zero-order chi connectivity index (χ0) is 15.2. The van der Waals surface area contributed by atoms with Crippen LogP contribution in [0.4, 0.5) is 10.1 Å². The minimum atomic E-state index is -0.499. The van der Waals surface area contributed by atoms with Crippen molar-refractivity contribution in [2.75, 3.05) is 11.9 Å². The maximum Gasteiger partial charge on any atom is 0.265 e. The van der Waals surface area contributed by atoms with E-state index in [9.17, 15) is 9.18 Å². The standard InChI is InChI=1S/C16H14FNO2S/c1-11-7-9-21-15(11)16(20)18-13-6-5-12(14(17)10-13)4-2-3-8-19/h5-7,9-10,19H,3,8H2,1H3,(H,18,20). The lowest BCUT2D eigenvalue weighted by Crippen LogP contribution is -2.11. The molecule has 1 heterocycles. The van der Waals surface area contributed by atoms with Gasteiger partial charge in [0.05, 0.1) is 17.0 Å². The molecule has 3 nitrogen and oxygen atoms in total. The van der Waals surface area contributed by atoms with Crippen LogP contribution < -0.4 is 5.32 Å². The van der Waals surface area contributed by atoms with E-state index in [0.29, 0.717) is 17.0 Å². The maximum atomic E-state index is 13.8. The summed E-state index contributed by atoms with van der Waals surface area (Å²) in [6, 6.07) is 6.22. The van der Waals surface area contributed by atoms with E-state index in [2.05, 4.69) is 17.2 Å². The van der Waals surface area contributed by atoms with Crippen LogP contribution in [-0.4, -0.2) is 17.6 Å². The molecule has 0 aliphatic carbocycles. The predicted octanol–water partition coefficient (Wildman–Crippen LogP) is 3.18. The van der Waals surface area contributed by atoms with Gasteiger partial charge < -0.3 is 10.4 Å². The van der Waals surface area contributed by atoms with E-state index < -0.39 is 5.82 Å². The van der Waals surface area contributed by atoms with Gasteiger partial charge in [-0.05, 0) is 42.1 Å². The zero-order valence-electron chi connectivity index (χ0n) is 11.4. The number of aryl methyl sites for hydroxylation is 1. The lowest BCUT2D eigenvalue weighted by molar-refractivity contribution is 0.103. The van der Waals surface area contributed by atoms with Crippen LogP contribution in [-0.2, 0) is 0 Å². The van der Waals surface area contributed by atoms with E-state index in [0.717, 1.165) is 5.56 Å². The first kappa shape index (κ1) is 15.2. The fourth-order valence-corrected chi connectivity index (χ4v) is 2.52. The number of aliphatic hydroxyl groups excluding tert-OH is 1. The van der Waals surface area contributed by atoms with E-state index >= 15 is 0 Å². The summed E-state index contributed by atoms with van der Waals surface area (Å²) in [6.45, 7) is 1.80. The van der Waals surface area contributed by atoms with Gasteiger partial charge in [0.15, 0.2) is 0 Å². The monoisotopic (exact) mass is 303 g/mol. The Bertz CT molecular complexity index is 713. The molecule has 1 amide bonds. The molecule has 21 heavy (non-hydrogen) atoms. The third kappa shape index (κ3) is 3.91. The SMILES string of the molecule is Cc1ccsc1C(=O)Nc1ccc(C#CCCO)c(F)c1. The smallest absolute Gasteiger partial charge is 0.265 e. The van der Waals surface area contributed by atoms with Gasteiger partial charge in [-0.3, -0.25) is 4.79 Å². The van der Waals surface area contributed by atoms with Gasteiger partial charge in [0.25, 0.3) is 5.91 Å². The van der Waals surface area contributed by atoms with Gasteiger partial charge in [-0.25, -0.2) is 4.39 Å². The van der Waals surface area contributed by atoms with Crippen LogP contribution in [0.15, 0.2) is 29.6 Å². The molecule has 0 radical (unpaired) electrons. The lowest BCUT2D eigenvalue weighted by Gasteiger charge is -2.05. The molecule has 0 aliphatic rings. The Labute approximate surface area is 126 Å². The second-order valence-electron chi connectivity index (χ2n) is 4.36. The number of benzene rings is 1. The molecule has 0 bridgehead atoms. The fourth-order valence-electron chi connectivity index (χ4n) is 1.70. The van der Waals surface area contributed by atoms with E-state index in [-0.39, 0.29) is 18.1 Å². The van der Waals surface area contributed by atoms with Crippen molar-refractivity contribution in [2.45, 2.75) is 13.3 Å². The molecule has 0 unspecified atom stereocenters. The quantitative estimate of drug-likeness (QED) is 0.856. The highest BCUT2D eigenvalue weighted by atomic mass is 32.1. The van der Waals surface area contributed by atoms with E-state index in [1.54, 1.807) is 6.07 Å². The van der Waals surface area contributed by atoms with Crippen LogP contribution in [0.2, 0.25) is 0 Å². The van der Waals surface area contributed by atoms with Gasteiger partial charge in [-0.2, -0.15) is 0 Å². The maximum absolute atomic E-state index is 13.8. The molecule has 2 rings (SSSR count). The molecule has 0 saturated heterocycles. The second kappa shape index (κ2) is 7.02. The van der Waals surface area contributed by atoms with Gasteiger partial charge >= 0.3 is 0 Å². The summed E-state index contributed by atoms with van der Waals surface area (Å²) in [5, 5.41) is 13.1. The highest BCUT2D eigenvalue weighted by molar-refractivity contribution is 7.12. The molecule has 0 atom stereocenters. The van der Waals surface area contributed by atoms with Crippen LogP contribution in [0.3, 0.4) is 0 Å². The Kier molecular flexibility index (Phi) is 5.09. The van der Waals surface area contributed by atoms with Crippen molar-refractivity contribution >= 4 is 22.9 Å². The van der Waals surface area contributed by atoms with Crippen molar-refractivity contribution in [3.63, 3.8) is 0 Å². The first-order valence-electron chi connectivity index (χ1n) is 6.36. The molecule has 2 aromatic rings. The summed E-state index contributed by atoms with van der Waals surface area (Å²) in [7, 11) is 0. The van der Waals surface area contributed by atoms with Gasteiger partial charge in [0.2, 0.25) is 0 Å². The average Bonchev–Trinajstić information content (AvgIpc) is 2.88. The van der Waals surface area contributed by atoms with Crippen LogP contribution in [0.5, 0.6) is 0 Å². The number of nitrogens with one attached hydrogen (secondary N) is 1. The minimum absolute atomic E-state index is 0.0527. The molecule has 0 saturated carbocycles. The predicted molar refractivity (Wildman–Crippen MR) is 82.0 cm³/mol. The summed E-state index contributed by atoms with van der Waals surface area (Å²) in [4.78, 5) is 12.6. The first-order chi connectivity index (χ1) is 10.1. The molecule has 5 heteroatoms. The van der Waals surface area contributed by atoms with Gasteiger partial charge in [0.1, 0.15) is 5.82 Å². The molecule has 1 aromatic heterocycles. The lowest BCUT2D eigenvalue weighted by atomic mass is 10.2. The molecule has 2 N–H and O–H groups in total. The number of rotatable bonds is 3. The van der Waals surface area contributed by atoms with Gasteiger partial charge in [-0.1, -0.05) is 11.8 Å². The van der Waals surface area contributed by atoms with Gasteiger partial charge in [-0.15, -0.1) is 11.3 Å². The van der Waals surface area contributed by atoms with E-state index in [1.165, 1.54) is 23.5 Å². The Morgan fingerprint density at radius 2 is 2.24 bits per heavy atom. The van der Waals surface area contributed by atoms with Crippen molar-refractivity contribution in [1.29, 1.82) is 0 Å². The highest BCUT2D eigenvalue weighted by Crippen LogP contribution is 2.19. The number of thiophene rings is 1. The van der Waals surface area contributed by atoms with Crippen molar-refractivity contribution in [3.05, 3.63) is 51.5 Å². The van der Waals surface area contributed by atoms with Crippen LogP contribution in [0.25, 0.3) is 0 Å². The molecule has 0 spiro atoms. The first-order valence-corrected chi connectivity index (χ1v) is 7.24. The second-order valence-corrected chi connectivity index (χ2v) is 5.27. The summed E-state index contributed by atoms with van der Waals surface area (Å²) in [5.74, 6) is 4.54. The minimum Gasteiger partial charge on any atom is -0.395 e. The Morgan fingerprint density at radius 1 is 1.43 bits per heavy atom. The molecule has 0 fully saturated rings. The van der Waals surface area contributed by atoms with E-state index in [1.807, 2.05) is 18.4 Å². The largest absolute Gasteiger partial charge is 0.395 e. The Hall–Kier alpha value is -2.16. The third-order valence-electron chi connectivity index (χ3n) is 2.76. The molecular weight excluding hydrogens is 289 g/mol. The number of hydrogen-bond donors (Lipinski definition) is 2. The summed E-state index contributed by atoms with van der Waals surface area (Å²) >= 11 is 1.35. The van der Waals surface area contributed by atoms with Crippen LogP contribution in [0, 0.1) is 24.6 Å². The molecular formula is C16H14FNO2S. The van der Waals surface area contributed by atoms with Crippen molar-refractivity contribution in [2.24, 2.45) is 0 Å². The van der Waals surface area contributed by atoms with Gasteiger partial charge in [0, 0.05) is 12.1 Å². The average molecular weight is 303 g/mol. The highest BCUT2D eigenvalue weighted by Gasteiger charge is 2.11. The zero-order valence-corrected chi connectivity index (χ0v) is 12.3. The Balaban J connectivity index is 2.12. The third-order valence-corrected chi connectivity index (χ3v) is 3.77. The number of aliphatic hydroxyl groups is 1. The number of halogens is 1. The van der Waals surface area contributed by atoms with Crippen LogP contribution >= 0.6 is 11.3 Å². The summed E-state index contributed by atoms with van der Waals surface area (Å²) < 4.78 is 13.8. The normalized spacial score (nSPS) is 9.86. The van der Waals surface area contributed by atoms with E-state index in [4.69, 9.17) is 5.11 Å². The fraction of sp³-hybridized carbons (Fsp3) is 0.188. The summed E-state index contributed by atoms with van der Waals surface area (Å²) in [5.41, 5.74) is 1.52. The van der Waals surface area contributed by atoms with Crippen molar-refractivity contribution < 1.29 is 14.3 Å². The Morgan fingerprint density at radius 3 is 2.86 bits per heavy atom. The molecule has 0 aliphatic heterocycles.